The van der Waals surface area contributed by atoms with Gasteiger partial charge in [-0.05, 0) is 30.5 Å². The van der Waals surface area contributed by atoms with E-state index < -0.39 is 12.0 Å². The zero-order valence-corrected chi connectivity index (χ0v) is 9.21. The van der Waals surface area contributed by atoms with E-state index in [0.717, 1.165) is 12.8 Å². The molecule has 1 aromatic rings. The molecule has 0 spiro atoms. The highest BCUT2D eigenvalue weighted by molar-refractivity contribution is 5.52. The minimum absolute atomic E-state index is 0.0331. The van der Waals surface area contributed by atoms with Crippen LogP contribution in [0, 0.1) is 0 Å². The third-order valence-corrected chi connectivity index (χ3v) is 3.27. The summed E-state index contributed by atoms with van der Waals surface area (Å²) in [6.45, 7) is 0.834. The highest BCUT2D eigenvalue weighted by atomic mass is 19.3. The van der Waals surface area contributed by atoms with Crippen molar-refractivity contribution in [2.45, 2.75) is 24.8 Å². The predicted molar refractivity (Wildman–Crippen MR) is 57.5 cm³/mol. The standard InChI is InChI=1S/C12H13F2NO2/c13-11(14)7-5-9-10(17-4-3-16-9)6-8(7)12(15)1-2-12/h5-6,11H,1-4,15H2. The number of hydrogen-bond acceptors (Lipinski definition) is 3. The van der Waals surface area contributed by atoms with Crippen LogP contribution < -0.4 is 15.2 Å². The van der Waals surface area contributed by atoms with Gasteiger partial charge in [-0.25, -0.2) is 8.78 Å². The minimum atomic E-state index is -2.54. The average molecular weight is 241 g/mol. The lowest BCUT2D eigenvalue weighted by molar-refractivity contribution is 0.145. The fraction of sp³-hybridized carbons (Fsp3) is 0.500. The van der Waals surface area contributed by atoms with Gasteiger partial charge in [-0.3, -0.25) is 0 Å². The van der Waals surface area contributed by atoms with Gasteiger partial charge in [0, 0.05) is 11.1 Å². The molecule has 1 saturated carbocycles. The van der Waals surface area contributed by atoms with E-state index in [2.05, 4.69) is 0 Å². The number of fused-ring (bicyclic) bond motifs is 1. The van der Waals surface area contributed by atoms with Crippen LogP contribution in [0.25, 0.3) is 0 Å². The van der Waals surface area contributed by atoms with Gasteiger partial charge in [-0.2, -0.15) is 0 Å². The normalized spacial score (nSPS) is 20.5. The molecule has 0 aromatic heterocycles. The molecule has 1 fully saturated rings. The Morgan fingerprint density at radius 1 is 1.12 bits per heavy atom. The van der Waals surface area contributed by atoms with Crippen LogP contribution in [0.15, 0.2) is 12.1 Å². The van der Waals surface area contributed by atoms with Gasteiger partial charge in [0.1, 0.15) is 13.2 Å². The second kappa shape index (κ2) is 3.57. The fourth-order valence-corrected chi connectivity index (χ4v) is 2.12. The van der Waals surface area contributed by atoms with E-state index in [-0.39, 0.29) is 5.56 Å². The molecule has 0 saturated heterocycles. The number of hydrogen-bond donors (Lipinski definition) is 1. The smallest absolute Gasteiger partial charge is 0.264 e. The van der Waals surface area contributed by atoms with Gasteiger partial charge in [0.2, 0.25) is 0 Å². The first-order valence-electron chi connectivity index (χ1n) is 5.61. The van der Waals surface area contributed by atoms with Gasteiger partial charge in [0.05, 0.1) is 0 Å². The van der Waals surface area contributed by atoms with Crippen molar-refractivity contribution in [3.05, 3.63) is 23.3 Å². The summed E-state index contributed by atoms with van der Waals surface area (Å²) in [7, 11) is 0. The summed E-state index contributed by atoms with van der Waals surface area (Å²) in [4.78, 5) is 0. The number of alkyl halides is 2. The molecule has 2 aliphatic rings. The van der Waals surface area contributed by atoms with Crippen LogP contribution >= 0.6 is 0 Å². The van der Waals surface area contributed by atoms with Gasteiger partial charge in [0.25, 0.3) is 6.43 Å². The Bertz CT molecular complexity index is 458. The monoisotopic (exact) mass is 241 g/mol. The van der Waals surface area contributed by atoms with Crippen LogP contribution in [0.3, 0.4) is 0 Å². The van der Waals surface area contributed by atoms with Crippen molar-refractivity contribution in [3.8, 4) is 11.5 Å². The second-order valence-electron chi connectivity index (χ2n) is 4.54. The maximum absolute atomic E-state index is 13.0. The third kappa shape index (κ3) is 1.74. The maximum atomic E-state index is 13.0. The second-order valence-corrected chi connectivity index (χ2v) is 4.54. The van der Waals surface area contributed by atoms with E-state index in [1.165, 1.54) is 6.07 Å². The lowest BCUT2D eigenvalue weighted by Crippen LogP contribution is -2.23. The number of nitrogens with two attached hydrogens (primary N) is 1. The molecule has 0 amide bonds. The SMILES string of the molecule is NC1(c2cc3c(cc2C(F)F)OCCO3)CC1. The summed E-state index contributed by atoms with van der Waals surface area (Å²) in [5, 5.41) is 0. The lowest BCUT2D eigenvalue weighted by atomic mass is 9.98. The molecule has 5 heteroatoms. The minimum Gasteiger partial charge on any atom is -0.486 e. The summed E-state index contributed by atoms with van der Waals surface area (Å²) < 4.78 is 36.7. The molecule has 0 bridgehead atoms. The van der Waals surface area contributed by atoms with Crippen LogP contribution in [0.4, 0.5) is 8.78 Å². The van der Waals surface area contributed by atoms with Gasteiger partial charge in [-0.15, -0.1) is 0 Å². The van der Waals surface area contributed by atoms with Crippen LogP contribution in [0.1, 0.15) is 30.4 Å². The Labute approximate surface area is 97.5 Å². The molecule has 17 heavy (non-hydrogen) atoms. The molecule has 1 aliphatic heterocycles. The van der Waals surface area contributed by atoms with Crippen LogP contribution in [0.2, 0.25) is 0 Å². The molecule has 1 aliphatic carbocycles. The van der Waals surface area contributed by atoms with E-state index in [4.69, 9.17) is 15.2 Å². The number of ether oxygens (including phenoxy) is 2. The molecule has 0 radical (unpaired) electrons. The Kier molecular flexibility index (Phi) is 2.26. The Balaban J connectivity index is 2.11. The average Bonchev–Trinajstić information content (AvgIpc) is 3.07. The summed E-state index contributed by atoms with van der Waals surface area (Å²) in [6.07, 6.45) is -1.06. The molecular formula is C12H13F2NO2. The fourth-order valence-electron chi connectivity index (χ4n) is 2.12. The summed E-state index contributed by atoms with van der Waals surface area (Å²) in [5.41, 5.74) is 5.88. The van der Waals surface area contributed by atoms with Gasteiger partial charge in [-0.1, -0.05) is 0 Å². The van der Waals surface area contributed by atoms with Crippen molar-refractivity contribution >= 4 is 0 Å². The van der Waals surface area contributed by atoms with E-state index in [9.17, 15) is 8.78 Å². The zero-order chi connectivity index (χ0) is 12.0. The Morgan fingerprint density at radius 3 is 2.24 bits per heavy atom. The van der Waals surface area contributed by atoms with Gasteiger partial charge in [0.15, 0.2) is 11.5 Å². The van der Waals surface area contributed by atoms with Crippen molar-refractivity contribution in [2.75, 3.05) is 13.2 Å². The first-order chi connectivity index (χ1) is 8.10. The number of rotatable bonds is 2. The highest BCUT2D eigenvalue weighted by Gasteiger charge is 2.43. The molecule has 3 nitrogen and oxygen atoms in total. The Morgan fingerprint density at radius 2 is 1.71 bits per heavy atom. The third-order valence-electron chi connectivity index (χ3n) is 3.27. The summed E-state index contributed by atoms with van der Waals surface area (Å²) in [6, 6.07) is 2.98. The Hall–Kier alpha value is -1.36. The van der Waals surface area contributed by atoms with Crippen LogP contribution in [-0.2, 0) is 5.54 Å². The molecule has 1 heterocycles. The van der Waals surface area contributed by atoms with E-state index in [1.807, 2.05) is 0 Å². The van der Waals surface area contributed by atoms with Gasteiger partial charge >= 0.3 is 0 Å². The molecule has 2 N–H and O–H groups in total. The summed E-state index contributed by atoms with van der Waals surface area (Å²) >= 11 is 0. The van der Waals surface area contributed by atoms with Crippen LogP contribution in [-0.4, -0.2) is 13.2 Å². The predicted octanol–water partition coefficient (Wildman–Crippen LogP) is 2.34. The molecule has 92 valence electrons. The largest absolute Gasteiger partial charge is 0.486 e. The quantitative estimate of drug-likeness (QED) is 0.864. The molecule has 3 rings (SSSR count). The zero-order valence-electron chi connectivity index (χ0n) is 9.21. The lowest BCUT2D eigenvalue weighted by Gasteiger charge is -2.23. The number of halogens is 2. The molecule has 0 atom stereocenters. The van der Waals surface area contributed by atoms with Crippen molar-refractivity contribution in [1.82, 2.24) is 0 Å². The highest BCUT2D eigenvalue weighted by Crippen LogP contribution is 2.49. The summed E-state index contributed by atoms with van der Waals surface area (Å²) in [5.74, 6) is 0.909. The van der Waals surface area contributed by atoms with Crippen molar-refractivity contribution in [2.24, 2.45) is 5.73 Å². The van der Waals surface area contributed by atoms with Gasteiger partial charge < -0.3 is 15.2 Å². The number of benzene rings is 1. The molecule has 0 unspecified atom stereocenters. The first-order valence-corrected chi connectivity index (χ1v) is 5.61. The topological polar surface area (TPSA) is 44.5 Å². The molecule has 1 aromatic carbocycles. The van der Waals surface area contributed by atoms with Crippen LogP contribution in [0.5, 0.6) is 11.5 Å². The van der Waals surface area contributed by atoms with E-state index >= 15 is 0 Å². The van der Waals surface area contributed by atoms with Crippen molar-refractivity contribution in [3.63, 3.8) is 0 Å². The van der Waals surface area contributed by atoms with Crippen molar-refractivity contribution in [1.29, 1.82) is 0 Å². The first kappa shape index (κ1) is 10.8. The van der Waals surface area contributed by atoms with E-state index in [0.29, 0.717) is 30.3 Å². The maximum Gasteiger partial charge on any atom is 0.264 e. The van der Waals surface area contributed by atoms with Crippen molar-refractivity contribution < 1.29 is 18.3 Å². The van der Waals surface area contributed by atoms with E-state index in [1.54, 1.807) is 6.07 Å². The molecular weight excluding hydrogens is 228 g/mol.